The van der Waals surface area contributed by atoms with E-state index in [4.69, 9.17) is 5.73 Å². The van der Waals surface area contributed by atoms with E-state index < -0.39 is 17.9 Å². The van der Waals surface area contributed by atoms with E-state index in [1.165, 1.54) is 6.42 Å². The van der Waals surface area contributed by atoms with Gasteiger partial charge in [-0.2, -0.15) is 0 Å². The van der Waals surface area contributed by atoms with E-state index in [2.05, 4.69) is 45.8 Å². The number of nitrogens with zero attached hydrogens (tertiary/aromatic N) is 1. The third-order valence-electron chi connectivity index (χ3n) is 5.41. The Bertz CT molecular complexity index is 405. The molecule has 3 N–H and O–H groups in total. The minimum atomic E-state index is -0.832. The molecule has 0 aromatic heterocycles. The zero-order chi connectivity index (χ0) is 22.0. The monoisotopic (exact) mass is 398 g/mol. The van der Waals surface area contributed by atoms with Gasteiger partial charge in [0.2, 0.25) is 5.91 Å². The first-order valence-electron chi connectivity index (χ1n) is 11.1. The minimum absolute atomic E-state index is 0.125. The molecule has 5 nitrogen and oxygen atoms in total. The van der Waals surface area contributed by atoms with Gasteiger partial charge in [-0.25, -0.2) is 0 Å². The van der Waals surface area contributed by atoms with E-state index in [1.807, 2.05) is 0 Å². The van der Waals surface area contributed by atoms with E-state index in [-0.39, 0.29) is 12.0 Å². The van der Waals surface area contributed by atoms with E-state index in [9.17, 15) is 14.7 Å². The highest BCUT2D eigenvalue weighted by Crippen LogP contribution is 2.32. The van der Waals surface area contributed by atoms with Crippen LogP contribution in [0.2, 0.25) is 0 Å². The maximum Gasteiger partial charge on any atom is 0.320 e. The number of carboxylic acid groups (broad SMARTS) is 1. The Morgan fingerprint density at radius 1 is 0.964 bits per heavy atom. The molecule has 1 amide bonds. The van der Waals surface area contributed by atoms with Crippen LogP contribution < -0.4 is 5.73 Å². The number of amides is 1. The van der Waals surface area contributed by atoms with E-state index >= 15 is 0 Å². The Labute approximate surface area is 173 Å². The number of rotatable bonds is 17. The summed E-state index contributed by atoms with van der Waals surface area (Å²) in [6.45, 7) is 15.5. The molecule has 0 aliphatic rings. The molecule has 0 radical (unpaired) electrons. The van der Waals surface area contributed by atoms with Gasteiger partial charge in [0.05, 0.1) is 0 Å². The van der Waals surface area contributed by atoms with Crippen LogP contribution in [0.5, 0.6) is 0 Å². The lowest BCUT2D eigenvalue weighted by atomic mass is 9.85. The number of carbonyl (C=O) groups excluding carboxylic acids is 1. The first-order valence-corrected chi connectivity index (χ1v) is 11.1. The largest absolute Gasteiger partial charge is 0.480 e. The van der Waals surface area contributed by atoms with Crippen LogP contribution in [0.1, 0.15) is 105 Å². The van der Waals surface area contributed by atoms with Crippen molar-refractivity contribution >= 4 is 11.9 Å². The Hall–Kier alpha value is -1.36. The van der Waals surface area contributed by atoms with Crippen molar-refractivity contribution in [3.8, 4) is 0 Å². The van der Waals surface area contributed by atoms with Gasteiger partial charge >= 0.3 is 5.97 Å². The topological polar surface area (TPSA) is 83.6 Å². The summed E-state index contributed by atoms with van der Waals surface area (Å²) in [5, 5.41) is 9.88. The maximum absolute atomic E-state index is 12.0. The van der Waals surface area contributed by atoms with Crippen molar-refractivity contribution in [1.82, 2.24) is 4.90 Å². The molecule has 0 fully saturated rings. The van der Waals surface area contributed by atoms with Crippen molar-refractivity contribution in [3.63, 3.8) is 0 Å². The third-order valence-corrected chi connectivity index (χ3v) is 5.41. The highest BCUT2D eigenvalue weighted by Gasteiger charge is 2.38. The zero-order valence-corrected chi connectivity index (χ0v) is 19.0. The molecular formula is C23H46N2O3. The smallest absolute Gasteiger partial charge is 0.320 e. The highest BCUT2D eigenvalue weighted by atomic mass is 16.4. The Balaban J connectivity index is 0. The van der Waals surface area contributed by atoms with E-state index in [0.29, 0.717) is 6.42 Å². The number of primary amides is 1. The van der Waals surface area contributed by atoms with Gasteiger partial charge in [0.15, 0.2) is 0 Å². The Morgan fingerprint density at radius 3 is 1.86 bits per heavy atom. The minimum Gasteiger partial charge on any atom is -0.480 e. The molecule has 1 atom stereocenters. The van der Waals surface area contributed by atoms with E-state index in [1.54, 1.807) is 0 Å². The molecule has 0 spiro atoms. The number of nitrogens with two attached hydrogens (primary N) is 1. The van der Waals surface area contributed by atoms with Crippen LogP contribution in [0, 0.1) is 0 Å². The lowest BCUT2D eigenvalue weighted by Gasteiger charge is -2.45. The molecule has 0 aromatic rings. The number of hydrogen-bond acceptors (Lipinski definition) is 3. The first kappa shape index (κ1) is 28.8. The number of aliphatic carboxylic acids is 1. The van der Waals surface area contributed by atoms with Crippen LogP contribution in [-0.2, 0) is 9.59 Å². The summed E-state index contributed by atoms with van der Waals surface area (Å²) >= 11 is 0. The van der Waals surface area contributed by atoms with Gasteiger partial charge in [-0.3, -0.25) is 14.5 Å². The molecule has 5 heteroatoms. The second-order valence-corrected chi connectivity index (χ2v) is 7.82. The van der Waals surface area contributed by atoms with Gasteiger partial charge in [-0.05, 0) is 39.2 Å². The van der Waals surface area contributed by atoms with Gasteiger partial charge in [-0.15, -0.1) is 13.2 Å². The lowest BCUT2D eigenvalue weighted by Crippen LogP contribution is -2.55. The molecule has 28 heavy (non-hydrogen) atoms. The second-order valence-electron chi connectivity index (χ2n) is 7.82. The Morgan fingerprint density at radius 2 is 1.46 bits per heavy atom. The summed E-state index contributed by atoms with van der Waals surface area (Å²) in [5.74, 6) is -1.26. The highest BCUT2D eigenvalue weighted by molar-refractivity contribution is 5.77. The van der Waals surface area contributed by atoms with Crippen LogP contribution in [-0.4, -0.2) is 40.0 Å². The summed E-state index contributed by atoms with van der Waals surface area (Å²) in [7, 11) is 0. The van der Waals surface area contributed by atoms with Crippen molar-refractivity contribution < 1.29 is 14.7 Å². The predicted molar refractivity (Wildman–Crippen MR) is 119 cm³/mol. The quantitative estimate of drug-likeness (QED) is 0.249. The van der Waals surface area contributed by atoms with Gasteiger partial charge in [0, 0.05) is 12.0 Å². The second kappa shape index (κ2) is 17.7. The summed E-state index contributed by atoms with van der Waals surface area (Å²) in [6.07, 6.45) is 11.3. The molecular weight excluding hydrogens is 352 g/mol. The average molecular weight is 399 g/mol. The van der Waals surface area contributed by atoms with Crippen molar-refractivity contribution in [2.45, 2.75) is 116 Å². The maximum atomic E-state index is 12.0. The normalized spacial score (nSPS) is 12.3. The molecule has 0 aromatic carbocycles. The molecule has 166 valence electrons. The number of carbonyl (C=O) groups is 2. The number of unbranched alkanes of at least 4 members (excludes halogenated alkanes) is 5. The van der Waals surface area contributed by atoms with Gasteiger partial charge < -0.3 is 10.8 Å². The predicted octanol–water partition coefficient (Wildman–Crippen LogP) is 5.53. The third kappa shape index (κ3) is 12.2. The van der Waals surface area contributed by atoms with Crippen molar-refractivity contribution in [2.24, 2.45) is 5.73 Å². The number of hydrogen-bond donors (Lipinski definition) is 2. The molecule has 0 aliphatic carbocycles. The molecule has 1 unspecified atom stereocenters. The lowest BCUT2D eigenvalue weighted by molar-refractivity contribution is -0.147. The number of carboxylic acids is 1. The Kier molecular flexibility index (Phi) is 18.3. The SMILES string of the molecule is C=C.CCCCCCN(C(CCC(N)=O)C(=O)O)C(C)(CCCC)CCCC. The molecule has 0 bridgehead atoms. The van der Waals surface area contributed by atoms with Crippen LogP contribution in [0.15, 0.2) is 13.2 Å². The van der Waals surface area contributed by atoms with Gasteiger partial charge in [0.25, 0.3) is 0 Å². The fourth-order valence-electron chi connectivity index (χ4n) is 3.73. The fourth-order valence-corrected chi connectivity index (χ4v) is 3.73. The van der Waals surface area contributed by atoms with Crippen molar-refractivity contribution in [2.75, 3.05) is 6.54 Å². The van der Waals surface area contributed by atoms with Crippen LogP contribution in [0.25, 0.3) is 0 Å². The summed E-state index contributed by atoms with van der Waals surface area (Å²) in [5.41, 5.74) is 5.16. The first-order chi connectivity index (χ1) is 13.3. The summed E-state index contributed by atoms with van der Waals surface area (Å²) in [4.78, 5) is 25.5. The molecule has 0 saturated heterocycles. The molecule has 0 saturated carbocycles. The average Bonchev–Trinajstić information content (AvgIpc) is 2.67. The van der Waals surface area contributed by atoms with Crippen molar-refractivity contribution in [3.05, 3.63) is 13.2 Å². The van der Waals surface area contributed by atoms with Crippen LogP contribution >= 0.6 is 0 Å². The fraction of sp³-hybridized carbons (Fsp3) is 0.826. The zero-order valence-electron chi connectivity index (χ0n) is 19.0. The van der Waals surface area contributed by atoms with Gasteiger partial charge in [0.1, 0.15) is 6.04 Å². The molecule has 0 heterocycles. The van der Waals surface area contributed by atoms with E-state index in [0.717, 1.165) is 64.3 Å². The van der Waals surface area contributed by atoms with Gasteiger partial charge in [-0.1, -0.05) is 65.7 Å². The van der Waals surface area contributed by atoms with Crippen LogP contribution in [0.3, 0.4) is 0 Å². The summed E-state index contributed by atoms with van der Waals surface area (Å²) in [6, 6.07) is -0.636. The van der Waals surface area contributed by atoms with Crippen molar-refractivity contribution in [1.29, 1.82) is 0 Å². The van der Waals surface area contributed by atoms with Crippen LogP contribution in [0.4, 0.5) is 0 Å². The molecule has 0 aliphatic heterocycles. The standard InChI is InChI=1S/C21H42N2O3.C2H4/c1-5-8-11-12-17-23(18(20(25)26)13-14-19(22)24)21(4,15-9-6-2)16-10-7-3;1-2/h18H,5-17H2,1-4H3,(H2,22,24)(H,25,26);1-2H2. The summed E-state index contributed by atoms with van der Waals surface area (Å²) < 4.78 is 0. The molecule has 0 rings (SSSR count).